The number of ether oxygens (including phenoxy) is 1. The zero-order valence-electron chi connectivity index (χ0n) is 20.1. The topological polar surface area (TPSA) is 49.9 Å². The Morgan fingerprint density at radius 3 is 2.21 bits per heavy atom. The van der Waals surface area contributed by atoms with Gasteiger partial charge in [-0.1, -0.05) is 12.1 Å². The molecule has 0 bridgehead atoms. The van der Waals surface area contributed by atoms with Crippen molar-refractivity contribution in [3.05, 3.63) is 53.6 Å². The van der Waals surface area contributed by atoms with Gasteiger partial charge in [-0.05, 0) is 82.3 Å². The summed E-state index contributed by atoms with van der Waals surface area (Å²) in [5, 5.41) is 0. The number of alkyl halides is 3. The largest absolute Gasteiger partial charge is 0.416 e. The van der Waals surface area contributed by atoms with E-state index in [4.69, 9.17) is 4.74 Å². The van der Waals surface area contributed by atoms with E-state index in [1.165, 1.54) is 10.4 Å². The van der Waals surface area contributed by atoms with Gasteiger partial charge in [-0.25, -0.2) is 8.42 Å². The summed E-state index contributed by atoms with van der Waals surface area (Å²) in [6, 6.07) is 9.76. The minimum absolute atomic E-state index is 0.149. The Kier molecular flexibility index (Phi) is 5.96. The molecule has 0 saturated carbocycles. The van der Waals surface area contributed by atoms with Gasteiger partial charge >= 0.3 is 6.18 Å². The van der Waals surface area contributed by atoms with Crippen molar-refractivity contribution in [1.29, 1.82) is 0 Å². The Morgan fingerprint density at radius 1 is 0.941 bits per heavy atom. The van der Waals surface area contributed by atoms with Crippen molar-refractivity contribution in [3.63, 3.8) is 0 Å². The van der Waals surface area contributed by atoms with Crippen LogP contribution in [0, 0.1) is 0 Å². The van der Waals surface area contributed by atoms with Gasteiger partial charge in [0.15, 0.2) is 0 Å². The molecule has 0 aliphatic carbocycles. The van der Waals surface area contributed by atoms with E-state index in [1.54, 1.807) is 0 Å². The second kappa shape index (κ2) is 8.16. The third-order valence-electron chi connectivity index (χ3n) is 6.57. The molecule has 5 nitrogen and oxygen atoms in total. The monoisotopic (exact) mass is 496 g/mol. The molecule has 1 fully saturated rings. The summed E-state index contributed by atoms with van der Waals surface area (Å²) in [4.78, 5) is 1.60. The van der Waals surface area contributed by atoms with Gasteiger partial charge in [-0.2, -0.15) is 13.2 Å². The van der Waals surface area contributed by atoms with Crippen molar-refractivity contribution in [1.82, 2.24) is 0 Å². The maximum atomic E-state index is 13.5. The number of halogens is 3. The normalized spacial score (nSPS) is 20.8. The van der Waals surface area contributed by atoms with Crippen LogP contribution in [0.15, 0.2) is 47.4 Å². The Hall–Kier alpha value is -2.26. The van der Waals surface area contributed by atoms with E-state index < -0.39 is 21.8 Å². The first-order chi connectivity index (χ1) is 15.6. The van der Waals surface area contributed by atoms with Crippen LogP contribution < -0.4 is 9.21 Å². The lowest BCUT2D eigenvalue weighted by molar-refractivity contribution is -0.161. The Morgan fingerprint density at radius 2 is 1.59 bits per heavy atom. The standard InChI is InChI=1S/C25H31F3N2O3S/c1-23(2)15-18(16-24(3,4)33-23)17-9-10-21-22(13-17)30(12-11-29(21)5)34(31,32)20-8-6-7-19(14-20)25(26,27)28/h6-10,13-14,18H,11-12,15-16H2,1-5H3. The van der Waals surface area contributed by atoms with Crippen LogP contribution in [-0.2, 0) is 20.9 Å². The van der Waals surface area contributed by atoms with Crippen LogP contribution in [0.25, 0.3) is 0 Å². The summed E-state index contributed by atoms with van der Waals surface area (Å²) in [6.45, 7) is 8.79. The van der Waals surface area contributed by atoms with Gasteiger partial charge in [0.2, 0.25) is 0 Å². The molecule has 186 valence electrons. The predicted octanol–water partition coefficient (Wildman–Crippen LogP) is 5.80. The molecule has 1 saturated heterocycles. The number of benzene rings is 2. The zero-order chi connectivity index (χ0) is 25.1. The minimum atomic E-state index is -4.62. The second-order valence-electron chi connectivity index (χ2n) is 10.5. The molecule has 0 N–H and O–H groups in total. The fraction of sp³-hybridized carbons (Fsp3) is 0.520. The van der Waals surface area contributed by atoms with Crippen molar-refractivity contribution < 1.29 is 26.3 Å². The first-order valence-corrected chi connectivity index (χ1v) is 12.8. The van der Waals surface area contributed by atoms with Crippen molar-refractivity contribution in [3.8, 4) is 0 Å². The molecular formula is C25H31F3N2O3S. The SMILES string of the molecule is CN1CCN(S(=O)(=O)c2cccc(C(F)(F)F)c2)c2cc(C3CC(C)(C)OC(C)(C)C3)ccc21. The lowest BCUT2D eigenvalue weighted by atomic mass is 9.77. The number of fused-ring (bicyclic) bond motifs is 1. The van der Waals surface area contributed by atoms with Gasteiger partial charge in [-0.15, -0.1) is 0 Å². The number of rotatable bonds is 3. The van der Waals surface area contributed by atoms with Gasteiger partial charge in [0.25, 0.3) is 10.0 Å². The molecule has 2 aromatic rings. The number of anilines is 2. The van der Waals surface area contributed by atoms with Crippen LogP contribution in [0.3, 0.4) is 0 Å². The molecule has 0 atom stereocenters. The molecule has 0 unspecified atom stereocenters. The predicted molar refractivity (Wildman–Crippen MR) is 127 cm³/mol. The lowest BCUT2D eigenvalue weighted by Crippen LogP contribution is -2.45. The van der Waals surface area contributed by atoms with Crippen LogP contribution in [0.2, 0.25) is 0 Å². The summed E-state index contributed by atoms with van der Waals surface area (Å²) >= 11 is 0. The zero-order valence-corrected chi connectivity index (χ0v) is 20.9. The molecule has 0 radical (unpaired) electrons. The van der Waals surface area contributed by atoms with Crippen LogP contribution in [0.5, 0.6) is 0 Å². The average Bonchev–Trinajstić information content (AvgIpc) is 2.71. The summed E-state index contributed by atoms with van der Waals surface area (Å²) < 4.78 is 74.3. The van der Waals surface area contributed by atoms with Crippen molar-refractivity contribution >= 4 is 21.4 Å². The summed E-state index contributed by atoms with van der Waals surface area (Å²) in [7, 11) is -2.31. The van der Waals surface area contributed by atoms with Crippen LogP contribution in [-0.4, -0.2) is 39.8 Å². The highest BCUT2D eigenvalue weighted by Gasteiger charge is 2.41. The molecule has 0 aromatic heterocycles. The number of nitrogens with zero attached hydrogens (tertiary/aromatic N) is 2. The summed E-state index contributed by atoms with van der Waals surface area (Å²) in [5.41, 5.74) is 0.583. The molecule has 2 aromatic carbocycles. The first-order valence-electron chi connectivity index (χ1n) is 11.3. The first kappa shape index (κ1) is 24.9. The fourth-order valence-electron chi connectivity index (χ4n) is 5.33. The maximum absolute atomic E-state index is 13.5. The third-order valence-corrected chi connectivity index (χ3v) is 8.38. The Bertz CT molecular complexity index is 1180. The highest BCUT2D eigenvalue weighted by Crippen LogP contribution is 2.46. The molecular weight excluding hydrogens is 465 g/mol. The number of hydrogen-bond acceptors (Lipinski definition) is 4. The van der Waals surface area contributed by atoms with Gasteiger partial charge in [0.05, 0.1) is 39.6 Å². The van der Waals surface area contributed by atoms with Crippen molar-refractivity contribution in [2.45, 2.75) is 68.7 Å². The fourth-order valence-corrected chi connectivity index (χ4v) is 6.84. The average molecular weight is 497 g/mol. The maximum Gasteiger partial charge on any atom is 0.416 e. The second-order valence-corrected chi connectivity index (χ2v) is 12.4. The van der Waals surface area contributed by atoms with E-state index in [0.29, 0.717) is 18.3 Å². The van der Waals surface area contributed by atoms with Crippen LogP contribution in [0.1, 0.15) is 57.6 Å². The van der Waals surface area contributed by atoms with E-state index in [1.807, 2.05) is 30.1 Å². The van der Waals surface area contributed by atoms with Gasteiger partial charge < -0.3 is 9.64 Å². The molecule has 0 spiro atoms. The molecule has 34 heavy (non-hydrogen) atoms. The number of hydrogen-bond donors (Lipinski definition) is 0. The van der Waals surface area contributed by atoms with Crippen LogP contribution in [0.4, 0.5) is 24.5 Å². The van der Waals surface area contributed by atoms with E-state index in [0.717, 1.165) is 36.2 Å². The number of likely N-dealkylation sites (N-methyl/N-ethyl adjacent to an activating group) is 1. The summed E-state index contributed by atoms with van der Waals surface area (Å²) in [6.07, 6.45) is -3.06. The van der Waals surface area contributed by atoms with Gasteiger partial charge in [0, 0.05) is 13.6 Å². The van der Waals surface area contributed by atoms with E-state index in [-0.39, 0.29) is 28.6 Å². The Labute approximate surface area is 199 Å². The van der Waals surface area contributed by atoms with Crippen molar-refractivity contribution in [2.24, 2.45) is 0 Å². The third kappa shape index (κ3) is 4.77. The highest BCUT2D eigenvalue weighted by molar-refractivity contribution is 7.92. The highest BCUT2D eigenvalue weighted by atomic mass is 32.2. The van der Waals surface area contributed by atoms with E-state index >= 15 is 0 Å². The molecule has 2 heterocycles. The molecule has 2 aliphatic rings. The minimum Gasteiger partial charge on any atom is -0.371 e. The van der Waals surface area contributed by atoms with Gasteiger partial charge in [-0.3, -0.25) is 4.31 Å². The molecule has 9 heteroatoms. The van der Waals surface area contributed by atoms with E-state index in [9.17, 15) is 21.6 Å². The van der Waals surface area contributed by atoms with Crippen molar-refractivity contribution in [2.75, 3.05) is 29.3 Å². The van der Waals surface area contributed by atoms with Crippen LogP contribution >= 0.6 is 0 Å². The molecule has 2 aliphatic heterocycles. The molecule has 0 amide bonds. The van der Waals surface area contributed by atoms with E-state index in [2.05, 4.69) is 27.7 Å². The Balaban J connectivity index is 1.77. The molecule has 4 rings (SSSR count). The quantitative estimate of drug-likeness (QED) is 0.539. The van der Waals surface area contributed by atoms with Gasteiger partial charge in [0.1, 0.15) is 0 Å². The lowest BCUT2D eigenvalue weighted by Gasteiger charge is -2.46. The summed E-state index contributed by atoms with van der Waals surface area (Å²) in [5.74, 6) is 0.161. The number of sulfonamides is 1. The smallest absolute Gasteiger partial charge is 0.371 e.